The summed E-state index contributed by atoms with van der Waals surface area (Å²) in [5, 5.41) is 9.65. The fourth-order valence-corrected chi connectivity index (χ4v) is 3.74. The summed E-state index contributed by atoms with van der Waals surface area (Å²) in [6.07, 6.45) is -1.37. The number of ether oxygens (including phenoxy) is 3. The third-order valence-corrected chi connectivity index (χ3v) is 4.70. The van der Waals surface area contributed by atoms with Crippen molar-refractivity contribution in [2.45, 2.75) is 50.7 Å². The Morgan fingerprint density at radius 2 is 2.07 bits per heavy atom. The number of fused-ring (bicyclic) bond motifs is 2. The van der Waals surface area contributed by atoms with Crippen LogP contribution in [0.1, 0.15) is 20.1 Å². The Balaban J connectivity index is 1.94. The van der Waals surface area contributed by atoms with E-state index in [2.05, 4.69) is 16.5 Å². The maximum absolute atomic E-state index is 13.1. The molecule has 4 N–H and O–H groups in total. The van der Waals surface area contributed by atoms with Crippen LogP contribution in [-0.4, -0.2) is 54.9 Å². The van der Waals surface area contributed by atoms with Crippen molar-refractivity contribution in [3.63, 3.8) is 0 Å². The van der Waals surface area contributed by atoms with Crippen molar-refractivity contribution in [2.75, 3.05) is 12.3 Å². The fraction of sp³-hybridized carbons (Fsp3) is 0.562. The number of hydrogen-bond acceptors (Lipinski definition) is 8. The van der Waals surface area contributed by atoms with Gasteiger partial charge in [-0.15, -0.1) is 6.58 Å². The molecule has 2 aromatic heterocycles. The number of nitrogen functional groups attached to an aromatic ring is 1. The van der Waals surface area contributed by atoms with Crippen molar-refractivity contribution in [3.05, 3.63) is 33.5 Å². The first kappa shape index (κ1) is 17.9. The largest absolute Gasteiger partial charge is 0.394 e. The van der Waals surface area contributed by atoms with E-state index in [4.69, 9.17) is 19.9 Å². The Morgan fingerprint density at radius 3 is 2.74 bits per heavy atom. The van der Waals surface area contributed by atoms with Crippen LogP contribution in [0.25, 0.3) is 11.2 Å². The van der Waals surface area contributed by atoms with Gasteiger partial charge in [0.2, 0.25) is 5.95 Å². The molecule has 2 aliphatic rings. The molecule has 4 heterocycles. The van der Waals surface area contributed by atoms with E-state index >= 15 is 0 Å². The number of aliphatic hydroxyl groups excluding tert-OH is 1. The SMILES string of the molecule is C=CCn1c(=O)n([C@H]2O[C@@H](CO)[C@@H]3OC(C)(C)O[C@H]32)c2nc(N)[nH]c(=O)c21. The van der Waals surface area contributed by atoms with Crippen molar-refractivity contribution >= 4 is 17.1 Å². The minimum Gasteiger partial charge on any atom is -0.394 e. The Morgan fingerprint density at radius 1 is 1.37 bits per heavy atom. The van der Waals surface area contributed by atoms with Crippen molar-refractivity contribution in [1.29, 1.82) is 0 Å². The minimum absolute atomic E-state index is 0.0554. The molecule has 0 saturated carbocycles. The third kappa shape index (κ3) is 2.62. The first-order chi connectivity index (χ1) is 12.8. The van der Waals surface area contributed by atoms with Gasteiger partial charge in [0.05, 0.1) is 6.61 Å². The molecule has 0 radical (unpaired) electrons. The van der Waals surface area contributed by atoms with Gasteiger partial charge in [0, 0.05) is 6.54 Å². The van der Waals surface area contributed by atoms with Gasteiger partial charge in [0.1, 0.15) is 18.3 Å². The summed E-state index contributed by atoms with van der Waals surface area (Å²) in [7, 11) is 0. The standard InChI is InChI=1S/C16H21N5O6/c1-4-5-20-8-11(18-14(17)19-12(8)23)21(15(20)24)13-10-9(7(6-22)25-13)26-16(2,3)27-10/h4,7,9-10,13,22H,1,5-6H2,2-3H3,(H3,17,18,19,23)/t7-,9-,10+,13-/m0/s1. The Kier molecular flexibility index (Phi) is 4.00. The molecule has 0 amide bonds. The second-order valence-electron chi connectivity index (χ2n) is 6.99. The van der Waals surface area contributed by atoms with Gasteiger partial charge in [-0.25, -0.2) is 9.36 Å². The highest BCUT2D eigenvalue weighted by Crippen LogP contribution is 2.43. The van der Waals surface area contributed by atoms with E-state index in [9.17, 15) is 14.7 Å². The summed E-state index contributed by atoms with van der Waals surface area (Å²) < 4.78 is 20.0. The average Bonchev–Trinajstić information content (AvgIpc) is 3.15. The first-order valence-corrected chi connectivity index (χ1v) is 8.51. The van der Waals surface area contributed by atoms with E-state index in [-0.39, 0.29) is 30.3 Å². The maximum Gasteiger partial charge on any atom is 0.333 e. The van der Waals surface area contributed by atoms with Crippen LogP contribution in [0.15, 0.2) is 22.2 Å². The lowest BCUT2D eigenvalue weighted by Crippen LogP contribution is -2.34. The van der Waals surface area contributed by atoms with E-state index in [1.54, 1.807) is 13.8 Å². The van der Waals surface area contributed by atoms with Gasteiger partial charge in [-0.1, -0.05) is 6.08 Å². The van der Waals surface area contributed by atoms with Crippen LogP contribution in [0.2, 0.25) is 0 Å². The molecule has 2 saturated heterocycles. The Labute approximate surface area is 153 Å². The number of nitrogens with zero attached hydrogens (tertiary/aromatic N) is 3. The molecular formula is C16H21N5O6. The summed E-state index contributed by atoms with van der Waals surface area (Å²) in [6, 6.07) is 0. The molecule has 0 aromatic carbocycles. The number of anilines is 1. The number of rotatable bonds is 4. The van der Waals surface area contributed by atoms with Gasteiger partial charge < -0.3 is 25.1 Å². The van der Waals surface area contributed by atoms with Crippen LogP contribution >= 0.6 is 0 Å². The fourth-order valence-electron chi connectivity index (χ4n) is 3.74. The molecule has 146 valence electrons. The van der Waals surface area contributed by atoms with Gasteiger partial charge in [-0.2, -0.15) is 4.98 Å². The number of allylic oxidation sites excluding steroid dienone is 1. The lowest BCUT2D eigenvalue weighted by molar-refractivity contribution is -0.200. The topological polar surface area (TPSA) is 147 Å². The maximum atomic E-state index is 13.1. The highest BCUT2D eigenvalue weighted by atomic mass is 16.8. The van der Waals surface area contributed by atoms with E-state index < -0.39 is 41.6 Å². The molecule has 0 unspecified atom stereocenters. The number of hydrogen-bond donors (Lipinski definition) is 3. The van der Waals surface area contributed by atoms with Gasteiger partial charge in [-0.3, -0.25) is 14.3 Å². The van der Waals surface area contributed by atoms with E-state index in [0.29, 0.717) is 0 Å². The molecule has 11 heteroatoms. The number of aromatic nitrogens is 4. The molecule has 4 rings (SSSR count). The van der Waals surface area contributed by atoms with E-state index in [1.807, 2.05) is 0 Å². The second-order valence-corrected chi connectivity index (χ2v) is 6.99. The summed E-state index contributed by atoms with van der Waals surface area (Å²) in [5.41, 5.74) is 4.73. The average molecular weight is 379 g/mol. The van der Waals surface area contributed by atoms with E-state index in [0.717, 1.165) is 0 Å². The monoisotopic (exact) mass is 379 g/mol. The molecule has 2 aromatic rings. The lowest BCUT2D eigenvalue weighted by Gasteiger charge is -2.23. The van der Waals surface area contributed by atoms with Crippen LogP contribution in [0.3, 0.4) is 0 Å². The smallest absolute Gasteiger partial charge is 0.333 e. The lowest BCUT2D eigenvalue weighted by atomic mass is 10.1. The molecule has 11 nitrogen and oxygen atoms in total. The van der Waals surface area contributed by atoms with Crippen molar-refractivity contribution < 1.29 is 19.3 Å². The van der Waals surface area contributed by atoms with Crippen LogP contribution in [-0.2, 0) is 20.8 Å². The normalized spacial score (nSPS) is 29.3. The molecular weight excluding hydrogens is 358 g/mol. The second kappa shape index (κ2) is 6.02. The van der Waals surface area contributed by atoms with Crippen LogP contribution < -0.4 is 17.0 Å². The van der Waals surface area contributed by atoms with Gasteiger partial charge >= 0.3 is 5.69 Å². The zero-order valence-electron chi connectivity index (χ0n) is 14.9. The summed E-state index contributed by atoms with van der Waals surface area (Å²) in [6.45, 7) is 6.88. The minimum atomic E-state index is -0.941. The molecule has 4 atom stereocenters. The summed E-state index contributed by atoms with van der Waals surface area (Å²) in [4.78, 5) is 32.0. The van der Waals surface area contributed by atoms with Crippen molar-refractivity contribution in [3.8, 4) is 0 Å². The van der Waals surface area contributed by atoms with Crippen LogP contribution in [0.4, 0.5) is 5.95 Å². The van der Waals surface area contributed by atoms with Gasteiger partial charge in [0.15, 0.2) is 23.2 Å². The molecule has 0 aliphatic carbocycles. The Bertz CT molecular complexity index is 1020. The number of imidazole rings is 1. The number of nitrogens with two attached hydrogens (primary N) is 1. The predicted octanol–water partition coefficient (Wildman–Crippen LogP) is -0.936. The summed E-state index contributed by atoms with van der Waals surface area (Å²) in [5.74, 6) is -1.04. The summed E-state index contributed by atoms with van der Waals surface area (Å²) >= 11 is 0. The molecule has 0 bridgehead atoms. The number of aliphatic hydroxyl groups is 1. The van der Waals surface area contributed by atoms with Crippen LogP contribution in [0, 0.1) is 0 Å². The highest BCUT2D eigenvalue weighted by molar-refractivity contribution is 5.71. The predicted molar refractivity (Wildman–Crippen MR) is 94.0 cm³/mol. The molecule has 2 aliphatic heterocycles. The number of H-pyrrole nitrogens is 1. The highest BCUT2D eigenvalue weighted by Gasteiger charge is 2.56. The third-order valence-electron chi connectivity index (χ3n) is 4.70. The first-order valence-electron chi connectivity index (χ1n) is 8.51. The number of nitrogens with one attached hydrogen (secondary N) is 1. The van der Waals surface area contributed by atoms with Crippen molar-refractivity contribution in [1.82, 2.24) is 19.1 Å². The van der Waals surface area contributed by atoms with Gasteiger partial charge in [0.25, 0.3) is 5.56 Å². The zero-order valence-corrected chi connectivity index (χ0v) is 14.9. The van der Waals surface area contributed by atoms with Crippen LogP contribution in [0.5, 0.6) is 0 Å². The molecule has 0 spiro atoms. The van der Waals surface area contributed by atoms with Crippen molar-refractivity contribution in [2.24, 2.45) is 0 Å². The Hall–Kier alpha value is -2.47. The number of aromatic amines is 1. The molecule has 2 fully saturated rings. The van der Waals surface area contributed by atoms with Gasteiger partial charge in [-0.05, 0) is 13.8 Å². The zero-order chi connectivity index (χ0) is 19.5. The quantitative estimate of drug-likeness (QED) is 0.577. The molecule has 27 heavy (non-hydrogen) atoms. The van der Waals surface area contributed by atoms with E-state index in [1.165, 1.54) is 15.2 Å².